The number of anilines is 1. The van der Waals surface area contributed by atoms with Crippen molar-refractivity contribution >= 4 is 11.7 Å². The van der Waals surface area contributed by atoms with Crippen LogP contribution in [0.25, 0.3) is 0 Å². The summed E-state index contributed by atoms with van der Waals surface area (Å²) in [6.07, 6.45) is 5.59. The highest BCUT2D eigenvalue weighted by Crippen LogP contribution is 2.58. The van der Waals surface area contributed by atoms with Gasteiger partial charge in [0.15, 0.2) is 11.5 Å². The van der Waals surface area contributed by atoms with Crippen LogP contribution in [0, 0.1) is 6.92 Å². The first-order valence-corrected chi connectivity index (χ1v) is 8.04. The second kappa shape index (κ2) is 4.91. The van der Waals surface area contributed by atoms with Crippen molar-refractivity contribution in [2.24, 2.45) is 0 Å². The molecule has 4 rings (SSSR count). The zero-order chi connectivity index (χ0) is 16.2. The Kier molecular flexibility index (Phi) is 3.08. The minimum absolute atomic E-state index is 0.0246. The van der Waals surface area contributed by atoms with E-state index in [4.69, 9.17) is 14.2 Å². The monoisotopic (exact) mass is 315 g/mol. The van der Waals surface area contributed by atoms with E-state index >= 15 is 0 Å². The summed E-state index contributed by atoms with van der Waals surface area (Å²) in [7, 11) is 1.67. The van der Waals surface area contributed by atoms with Crippen LogP contribution >= 0.6 is 0 Å². The van der Waals surface area contributed by atoms with Crippen LogP contribution in [0.3, 0.4) is 0 Å². The summed E-state index contributed by atoms with van der Waals surface area (Å²) in [5.41, 5.74) is 3.37. The number of aryl methyl sites for hydroxylation is 1. The van der Waals surface area contributed by atoms with Crippen LogP contribution in [0.4, 0.5) is 5.69 Å². The molecular weight excluding hydrogens is 294 g/mol. The fourth-order valence-electron chi connectivity index (χ4n) is 4.20. The highest BCUT2D eigenvalue weighted by Gasteiger charge is 2.54. The average molecular weight is 315 g/mol. The summed E-state index contributed by atoms with van der Waals surface area (Å²) in [6.45, 7) is 4.44. The summed E-state index contributed by atoms with van der Waals surface area (Å²) in [5, 5.41) is 3.51. The van der Waals surface area contributed by atoms with Crippen molar-refractivity contribution in [3.8, 4) is 11.5 Å². The maximum Gasteiger partial charge on any atom is 0.303 e. The largest absolute Gasteiger partial charge is 0.493 e. The van der Waals surface area contributed by atoms with Gasteiger partial charge in [-0.05, 0) is 31.1 Å². The zero-order valence-electron chi connectivity index (χ0n) is 13.6. The SMILES string of the molecule is COc1cc(C)c2c3c1OC1C[C@H](OC(C)=O)C=CC31CCN2. The lowest BCUT2D eigenvalue weighted by Gasteiger charge is -2.40. The van der Waals surface area contributed by atoms with E-state index in [1.165, 1.54) is 18.1 Å². The Morgan fingerprint density at radius 1 is 1.48 bits per heavy atom. The first kappa shape index (κ1) is 14.4. The smallest absolute Gasteiger partial charge is 0.303 e. The van der Waals surface area contributed by atoms with Crippen LogP contribution in [0.5, 0.6) is 11.5 Å². The van der Waals surface area contributed by atoms with Crippen molar-refractivity contribution in [3.63, 3.8) is 0 Å². The van der Waals surface area contributed by atoms with Crippen LogP contribution < -0.4 is 14.8 Å². The van der Waals surface area contributed by atoms with Crippen LogP contribution in [0.2, 0.25) is 0 Å². The molecule has 3 aliphatic rings. The van der Waals surface area contributed by atoms with Crippen molar-refractivity contribution in [2.45, 2.75) is 44.3 Å². The zero-order valence-corrected chi connectivity index (χ0v) is 13.6. The van der Waals surface area contributed by atoms with E-state index in [1.807, 2.05) is 12.1 Å². The number of benzene rings is 1. The molecule has 1 aliphatic carbocycles. The molecule has 0 radical (unpaired) electrons. The van der Waals surface area contributed by atoms with Crippen molar-refractivity contribution in [2.75, 3.05) is 19.0 Å². The number of carbonyl (C=O) groups excluding carboxylic acids is 1. The standard InChI is InChI=1S/C18H21NO4/c1-10-8-13(21-3)17-15-16(10)19-7-6-18(15)5-4-12(22-11(2)20)9-14(18)23-17/h4-5,8,12,14,19H,6-7,9H2,1-3H3/t12-,14?,18?/m1/s1. The van der Waals surface area contributed by atoms with E-state index < -0.39 is 0 Å². The molecule has 0 aromatic heterocycles. The first-order chi connectivity index (χ1) is 11.0. The van der Waals surface area contributed by atoms with Gasteiger partial charge < -0.3 is 19.5 Å². The molecule has 0 fully saturated rings. The highest BCUT2D eigenvalue weighted by molar-refractivity contribution is 5.75. The van der Waals surface area contributed by atoms with E-state index in [0.29, 0.717) is 6.42 Å². The summed E-state index contributed by atoms with van der Waals surface area (Å²) >= 11 is 0. The number of hydrogen-bond donors (Lipinski definition) is 1. The molecule has 1 N–H and O–H groups in total. The third-order valence-electron chi connectivity index (χ3n) is 5.18. The molecule has 1 spiro atoms. The summed E-state index contributed by atoms with van der Waals surface area (Å²) in [5.74, 6) is 1.35. The number of hydrogen-bond acceptors (Lipinski definition) is 5. The molecule has 3 atom stereocenters. The molecule has 0 saturated heterocycles. The van der Waals surface area contributed by atoms with Crippen molar-refractivity contribution in [3.05, 3.63) is 29.3 Å². The van der Waals surface area contributed by atoms with Gasteiger partial charge in [0.1, 0.15) is 12.2 Å². The number of nitrogens with one attached hydrogen (secondary N) is 1. The van der Waals surface area contributed by atoms with Gasteiger partial charge in [-0.15, -0.1) is 0 Å². The van der Waals surface area contributed by atoms with E-state index in [2.05, 4.69) is 18.3 Å². The summed E-state index contributed by atoms with van der Waals surface area (Å²) < 4.78 is 17.2. The Morgan fingerprint density at radius 2 is 2.30 bits per heavy atom. The van der Waals surface area contributed by atoms with Crippen LogP contribution in [-0.2, 0) is 14.9 Å². The predicted molar refractivity (Wildman–Crippen MR) is 86.2 cm³/mol. The molecule has 2 unspecified atom stereocenters. The van der Waals surface area contributed by atoms with Crippen LogP contribution in [0.15, 0.2) is 18.2 Å². The lowest BCUT2D eigenvalue weighted by atomic mass is 9.67. The normalized spacial score (nSPS) is 29.9. The molecule has 1 aromatic rings. The fourth-order valence-corrected chi connectivity index (χ4v) is 4.20. The van der Waals surface area contributed by atoms with E-state index in [1.54, 1.807) is 7.11 Å². The van der Waals surface area contributed by atoms with Gasteiger partial charge in [0.2, 0.25) is 0 Å². The summed E-state index contributed by atoms with van der Waals surface area (Å²) in [6, 6.07) is 2.02. The summed E-state index contributed by atoms with van der Waals surface area (Å²) in [4.78, 5) is 11.3. The molecule has 1 aromatic carbocycles. The Bertz CT molecular complexity index is 711. The molecule has 5 heteroatoms. The number of rotatable bonds is 2. The average Bonchev–Trinajstić information content (AvgIpc) is 2.86. The first-order valence-electron chi connectivity index (χ1n) is 8.04. The van der Waals surface area contributed by atoms with Gasteiger partial charge in [-0.3, -0.25) is 4.79 Å². The minimum Gasteiger partial charge on any atom is -0.493 e. The molecule has 122 valence electrons. The predicted octanol–water partition coefficient (Wildman–Crippen LogP) is 2.71. The lowest BCUT2D eigenvalue weighted by molar-refractivity contribution is -0.145. The molecular formula is C18H21NO4. The quantitative estimate of drug-likeness (QED) is 0.672. The van der Waals surface area contributed by atoms with Gasteiger partial charge >= 0.3 is 5.97 Å². The Morgan fingerprint density at radius 3 is 3.04 bits per heavy atom. The maximum atomic E-state index is 11.3. The molecule has 5 nitrogen and oxygen atoms in total. The third-order valence-corrected chi connectivity index (χ3v) is 5.18. The Hall–Kier alpha value is -2.17. The topological polar surface area (TPSA) is 56.8 Å². The van der Waals surface area contributed by atoms with Crippen LogP contribution in [-0.4, -0.2) is 31.8 Å². The van der Waals surface area contributed by atoms with Gasteiger partial charge in [-0.25, -0.2) is 0 Å². The second-order valence-corrected chi connectivity index (χ2v) is 6.54. The van der Waals surface area contributed by atoms with Gasteiger partial charge in [-0.1, -0.05) is 6.08 Å². The second-order valence-electron chi connectivity index (χ2n) is 6.54. The van der Waals surface area contributed by atoms with Gasteiger partial charge in [0.05, 0.1) is 12.5 Å². The van der Waals surface area contributed by atoms with E-state index in [0.717, 1.165) is 30.2 Å². The lowest BCUT2D eigenvalue weighted by Crippen LogP contribution is -2.45. The van der Waals surface area contributed by atoms with Crippen molar-refractivity contribution in [1.29, 1.82) is 0 Å². The number of carbonyl (C=O) groups is 1. The molecule has 0 bridgehead atoms. The fraction of sp³-hybridized carbons (Fsp3) is 0.500. The molecule has 0 saturated carbocycles. The van der Waals surface area contributed by atoms with Gasteiger partial charge in [-0.2, -0.15) is 0 Å². The van der Waals surface area contributed by atoms with Crippen LogP contribution in [0.1, 0.15) is 30.9 Å². The van der Waals surface area contributed by atoms with E-state index in [9.17, 15) is 4.79 Å². The number of ether oxygens (including phenoxy) is 3. The highest BCUT2D eigenvalue weighted by atomic mass is 16.5. The molecule has 23 heavy (non-hydrogen) atoms. The maximum absolute atomic E-state index is 11.3. The minimum atomic E-state index is -0.259. The van der Waals surface area contributed by atoms with E-state index in [-0.39, 0.29) is 23.6 Å². The van der Waals surface area contributed by atoms with Gasteiger partial charge in [0, 0.05) is 31.1 Å². The molecule has 2 aliphatic heterocycles. The Balaban J connectivity index is 1.83. The third kappa shape index (κ3) is 1.95. The number of esters is 1. The van der Waals surface area contributed by atoms with Crippen molar-refractivity contribution in [1.82, 2.24) is 0 Å². The molecule has 2 heterocycles. The number of methoxy groups -OCH3 is 1. The Labute approximate surface area is 135 Å². The van der Waals surface area contributed by atoms with Crippen molar-refractivity contribution < 1.29 is 19.0 Å². The van der Waals surface area contributed by atoms with Gasteiger partial charge in [0.25, 0.3) is 0 Å². The molecule has 0 amide bonds.